The SMILES string of the molecule is CCC(COc1c2ccccc2c(OCC(CC)OC(=O)c2ccc3ccccc3c2)c2cc(Br)ccc12)OC(=O)c1ccc2ccccc2c1. The van der Waals surface area contributed by atoms with Gasteiger partial charge in [-0.2, -0.15) is 0 Å². The zero-order valence-electron chi connectivity index (χ0n) is 28.4. The van der Waals surface area contributed by atoms with E-state index in [1.165, 1.54) is 0 Å². The van der Waals surface area contributed by atoms with Gasteiger partial charge in [-0.05, 0) is 76.9 Å². The summed E-state index contributed by atoms with van der Waals surface area (Å²) in [5, 5.41) is 7.50. The molecule has 51 heavy (non-hydrogen) atoms. The maximum absolute atomic E-state index is 13.2. The van der Waals surface area contributed by atoms with E-state index in [9.17, 15) is 9.59 Å². The van der Waals surface area contributed by atoms with Gasteiger partial charge in [-0.25, -0.2) is 9.59 Å². The van der Waals surface area contributed by atoms with Crippen molar-refractivity contribution in [3.05, 3.63) is 143 Å². The summed E-state index contributed by atoms with van der Waals surface area (Å²) >= 11 is 3.64. The molecular formula is C44H37BrO6. The van der Waals surface area contributed by atoms with Gasteiger partial charge in [0.2, 0.25) is 0 Å². The van der Waals surface area contributed by atoms with Crippen LogP contribution in [0.5, 0.6) is 11.5 Å². The number of halogens is 1. The van der Waals surface area contributed by atoms with Crippen LogP contribution in [0.2, 0.25) is 0 Å². The van der Waals surface area contributed by atoms with Gasteiger partial charge in [-0.3, -0.25) is 0 Å². The quantitative estimate of drug-likeness (QED) is 0.0917. The van der Waals surface area contributed by atoms with Crippen molar-refractivity contribution in [3.8, 4) is 11.5 Å². The van der Waals surface area contributed by atoms with Crippen molar-refractivity contribution >= 4 is 71.0 Å². The van der Waals surface area contributed by atoms with Crippen LogP contribution in [-0.2, 0) is 9.47 Å². The molecule has 0 aliphatic rings. The lowest BCUT2D eigenvalue weighted by Gasteiger charge is -2.22. The van der Waals surface area contributed by atoms with Crippen LogP contribution in [0.15, 0.2) is 132 Å². The molecule has 0 aromatic heterocycles. The molecule has 0 aliphatic heterocycles. The first kappa shape index (κ1) is 34.1. The van der Waals surface area contributed by atoms with Crippen LogP contribution in [0, 0.1) is 0 Å². The van der Waals surface area contributed by atoms with E-state index in [1.54, 1.807) is 12.1 Å². The second-order valence-corrected chi connectivity index (χ2v) is 13.4. The van der Waals surface area contributed by atoms with Gasteiger partial charge < -0.3 is 18.9 Å². The van der Waals surface area contributed by atoms with Gasteiger partial charge in [-0.1, -0.05) is 115 Å². The summed E-state index contributed by atoms with van der Waals surface area (Å²) in [5.74, 6) is 0.578. The molecule has 7 heteroatoms. The number of ether oxygens (including phenoxy) is 4. The third kappa shape index (κ3) is 7.40. The minimum Gasteiger partial charge on any atom is -0.488 e. The second kappa shape index (κ2) is 15.2. The van der Waals surface area contributed by atoms with E-state index in [0.717, 1.165) is 47.6 Å². The maximum Gasteiger partial charge on any atom is 0.338 e. The molecule has 0 bridgehead atoms. The predicted octanol–water partition coefficient (Wildman–Crippen LogP) is 11.1. The summed E-state index contributed by atoms with van der Waals surface area (Å²) in [6.45, 7) is 4.30. The standard InChI is InChI=1S/C44H37BrO6/c1-3-35(50-43(46)32-19-17-28-11-5-7-13-30(28)23-32)26-48-41-37-15-9-10-16-38(37)42(40-25-34(45)21-22-39(40)41)49-27-36(4-2)51-44(47)33-20-18-29-12-6-8-14-31(29)24-33/h5-25,35-36H,3-4,26-27H2,1-2H3. The number of rotatable bonds is 12. The van der Waals surface area contributed by atoms with Crippen LogP contribution in [0.1, 0.15) is 47.4 Å². The molecule has 6 nitrogen and oxygen atoms in total. The monoisotopic (exact) mass is 740 g/mol. The van der Waals surface area contributed by atoms with Crippen LogP contribution in [0.25, 0.3) is 43.1 Å². The van der Waals surface area contributed by atoms with Crippen molar-refractivity contribution in [2.45, 2.75) is 38.9 Å². The Morgan fingerprint density at radius 1 is 0.510 bits per heavy atom. The van der Waals surface area contributed by atoms with Gasteiger partial charge in [0, 0.05) is 26.0 Å². The van der Waals surface area contributed by atoms with Crippen LogP contribution in [-0.4, -0.2) is 37.4 Å². The molecule has 0 saturated carbocycles. The zero-order chi connectivity index (χ0) is 35.3. The molecule has 0 saturated heterocycles. The van der Waals surface area contributed by atoms with Crippen LogP contribution in [0.4, 0.5) is 0 Å². The Morgan fingerprint density at radius 3 is 1.43 bits per heavy atom. The molecule has 7 rings (SSSR count). The van der Waals surface area contributed by atoms with Gasteiger partial charge in [0.15, 0.2) is 0 Å². The van der Waals surface area contributed by atoms with Crippen molar-refractivity contribution in [1.82, 2.24) is 0 Å². The minimum absolute atomic E-state index is 0.171. The highest BCUT2D eigenvalue weighted by molar-refractivity contribution is 9.10. The van der Waals surface area contributed by atoms with E-state index in [0.29, 0.717) is 35.5 Å². The van der Waals surface area contributed by atoms with Gasteiger partial charge in [-0.15, -0.1) is 0 Å². The summed E-state index contributed by atoms with van der Waals surface area (Å²) in [6, 6.07) is 40.9. The van der Waals surface area contributed by atoms with Gasteiger partial charge >= 0.3 is 11.9 Å². The average Bonchev–Trinajstić information content (AvgIpc) is 3.17. The number of hydrogen-bond donors (Lipinski definition) is 0. The number of esters is 2. The van der Waals surface area contributed by atoms with Crippen LogP contribution >= 0.6 is 15.9 Å². The smallest absolute Gasteiger partial charge is 0.338 e. The first-order valence-electron chi connectivity index (χ1n) is 17.2. The topological polar surface area (TPSA) is 71.1 Å². The van der Waals surface area contributed by atoms with E-state index in [2.05, 4.69) is 15.9 Å². The first-order chi connectivity index (χ1) is 24.9. The Morgan fingerprint density at radius 2 is 0.941 bits per heavy atom. The molecular weight excluding hydrogens is 704 g/mol. The lowest BCUT2D eigenvalue weighted by molar-refractivity contribution is 0.0159. The van der Waals surface area contributed by atoms with Crippen molar-refractivity contribution < 1.29 is 28.5 Å². The Kier molecular flexibility index (Phi) is 10.2. The molecule has 0 radical (unpaired) electrons. The fourth-order valence-corrected chi connectivity index (χ4v) is 6.64. The van der Waals surface area contributed by atoms with E-state index in [4.69, 9.17) is 18.9 Å². The number of carbonyl (C=O) groups is 2. The molecule has 0 N–H and O–H groups in total. The summed E-state index contributed by atoms with van der Waals surface area (Å²) in [6.07, 6.45) is 0.226. The van der Waals surface area contributed by atoms with E-state index < -0.39 is 12.2 Å². The molecule has 256 valence electrons. The van der Waals surface area contributed by atoms with Crippen LogP contribution < -0.4 is 9.47 Å². The average molecular weight is 742 g/mol. The van der Waals surface area contributed by atoms with Gasteiger partial charge in [0.05, 0.1) is 11.1 Å². The van der Waals surface area contributed by atoms with Crippen molar-refractivity contribution in [1.29, 1.82) is 0 Å². The van der Waals surface area contributed by atoms with Crippen molar-refractivity contribution in [3.63, 3.8) is 0 Å². The second-order valence-electron chi connectivity index (χ2n) is 12.5. The number of fused-ring (bicyclic) bond motifs is 4. The summed E-state index contributed by atoms with van der Waals surface area (Å²) in [7, 11) is 0. The normalized spacial score (nSPS) is 12.5. The molecule has 2 unspecified atom stereocenters. The number of hydrogen-bond acceptors (Lipinski definition) is 6. The lowest BCUT2D eigenvalue weighted by Crippen LogP contribution is -2.25. The predicted molar refractivity (Wildman–Crippen MR) is 207 cm³/mol. The molecule has 7 aromatic carbocycles. The van der Waals surface area contributed by atoms with E-state index in [-0.39, 0.29) is 25.2 Å². The Balaban J connectivity index is 1.12. The molecule has 7 aromatic rings. The first-order valence-corrected chi connectivity index (χ1v) is 18.0. The van der Waals surface area contributed by atoms with Gasteiger partial charge in [0.25, 0.3) is 0 Å². The molecule has 2 atom stereocenters. The largest absolute Gasteiger partial charge is 0.488 e. The van der Waals surface area contributed by atoms with E-state index in [1.807, 2.05) is 129 Å². The van der Waals surface area contributed by atoms with Crippen LogP contribution in [0.3, 0.4) is 0 Å². The molecule has 0 amide bonds. The maximum atomic E-state index is 13.2. The fraction of sp³-hybridized carbons (Fsp3) is 0.182. The highest BCUT2D eigenvalue weighted by atomic mass is 79.9. The van der Waals surface area contributed by atoms with E-state index >= 15 is 0 Å². The lowest BCUT2D eigenvalue weighted by atomic mass is 10.0. The Hall–Kier alpha value is -5.40. The summed E-state index contributed by atoms with van der Waals surface area (Å²) in [4.78, 5) is 26.4. The Labute approximate surface area is 305 Å². The van der Waals surface area contributed by atoms with Gasteiger partial charge in [0.1, 0.15) is 36.9 Å². The molecule has 0 spiro atoms. The van der Waals surface area contributed by atoms with Crippen molar-refractivity contribution in [2.75, 3.05) is 13.2 Å². The summed E-state index contributed by atoms with van der Waals surface area (Å²) in [5.41, 5.74) is 1.00. The minimum atomic E-state index is -0.469. The number of carbonyl (C=O) groups excluding carboxylic acids is 2. The highest BCUT2D eigenvalue weighted by Gasteiger charge is 2.22. The summed E-state index contributed by atoms with van der Waals surface area (Å²) < 4.78 is 25.9. The molecule has 0 fully saturated rings. The third-order valence-corrected chi connectivity index (χ3v) is 9.64. The zero-order valence-corrected chi connectivity index (χ0v) is 30.0. The third-order valence-electron chi connectivity index (χ3n) is 9.14. The molecule has 0 aliphatic carbocycles. The highest BCUT2D eigenvalue weighted by Crippen LogP contribution is 2.44. The Bertz CT molecular complexity index is 2380. The van der Waals surface area contributed by atoms with Crippen molar-refractivity contribution in [2.24, 2.45) is 0 Å². The fourth-order valence-electron chi connectivity index (χ4n) is 6.28. The molecule has 0 heterocycles. The number of benzene rings is 7.